The van der Waals surface area contributed by atoms with Crippen LogP contribution in [0.15, 0.2) is 10.9 Å². The lowest BCUT2D eigenvalue weighted by molar-refractivity contribution is 0.0688. The van der Waals surface area contributed by atoms with Crippen LogP contribution in [0.4, 0.5) is 0 Å². The van der Waals surface area contributed by atoms with Gasteiger partial charge in [0.05, 0.1) is 0 Å². The van der Waals surface area contributed by atoms with Gasteiger partial charge in [0.1, 0.15) is 12.4 Å². The van der Waals surface area contributed by atoms with E-state index in [0.717, 1.165) is 6.07 Å². The number of carbonyl (C=O) groups is 1. The van der Waals surface area contributed by atoms with E-state index in [2.05, 4.69) is 9.97 Å². The molecule has 6 heteroatoms. The quantitative estimate of drug-likeness (QED) is 0.710. The molecule has 0 fully saturated rings. The van der Waals surface area contributed by atoms with E-state index in [4.69, 9.17) is 9.84 Å². The van der Waals surface area contributed by atoms with Crippen LogP contribution in [0.1, 0.15) is 23.2 Å². The predicted octanol–water partition coefficient (Wildman–Crippen LogP) is 0.00460. The Balaban J connectivity index is 2.95. The molecule has 0 aromatic carbocycles. The first-order valence-electron chi connectivity index (χ1n) is 4.04. The van der Waals surface area contributed by atoms with Gasteiger partial charge in [-0.25, -0.2) is 9.78 Å². The van der Waals surface area contributed by atoms with Crippen molar-refractivity contribution < 1.29 is 14.6 Å². The van der Waals surface area contributed by atoms with E-state index in [-0.39, 0.29) is 18.1 Å². The van der Waals surface area contributed by atoms with Crippen LogP contribution < -0.4 is 5.56 Å². The molecule has 0 aliphatic rings. The topological polar surface area (TPSA) is 92.3 Å². The highest BCUT2D eigenvalue weighted by molar-refractivity contribution is 5.85. The number of nitrogens with one attached hydrogen (secondary N) is 1. The molecule has 1 heterocycles. The molecule has 6 nitrogen and oxygen atoms in total. The molecule has 0 spiro atoms. The van der Waals surface area contributed by atoms with Gasteiger partial charge in [-0.15, -0.1) is 0 Å². The third-order valence-corrected chi connectivity index (χ3v) is 1.45. The Morgan fingerprint density at radius 1 is 1.71 bits per heavy atom. The van der Waals surface area contributed by atoms with Crippen molar-refractivity contribution in [3.05, 3.63) is 27.9 Å². The van der Waals surface area contributed by atoms with Crippen LogP contribution in [0.5, 0.6) is 0 Å². The van der Waals surface area contributed by atoms with Crippen molar-refractivity contribution in [2.45, 2.75) is 13.5 Å². The summed E-state index contributed by atoms with van der Waals surface area (Å²) in [4.78, 5) is 27.6. The molecule has 1 aromatic rings. The summed E-state index contributed by atoms with van der Waals surface area (Å²) in [5.74, 6) is -1.01. The Morgan fingerprint density at radius 2 is 2.43 bits per heavy atom. The van der Waals surface area contributed by atoms with Gasteiger partial charge in [-0.2, -0.15) is 0 Å². The number of hydrogen-bond acceptors (Lipinski definition) is 4. The number of ether oxygens (including phenoxy) is 1. The highest BCUT2D eigenvalue weighted by Gasteiger charge is 2.07. The zero-order valence-corrected chi connectivity index (χ0v) is 7.61. The summed E-state index contributed by atoms with van der Waals surface area (Å²) in [6.45, 7) is 2.37. The van der Waals surface area contributed by atoms with Gasteiger partial charge >= 0.3 is 5.97 Å². The van der Waals surface area contributed by atoms with Gasteiger partial charge in [-0.3, -0.25) is 4.79 Å². The third kappa shape index (κ3) is 2.67. The fourth-order valence-corrected chi connectivity index (χ4v) is 0.885. The lowest BCUT2D eigenvalue weighted by atomic mass is 10.4. The van der Waals surface area contributed by atoms with E-state index in [1.54, 1.807) is 6.92 Å². The highest BCUT2D eigenvalue weighted by atomic mass is 16.5. The average molecular weight is 198 g/mol. The van der Waals surface area contributed by atoms with Crippen molar-refractivity contribution in [3.63, 3.8) is 0 Å². The van der Waals surface area contributed by atoms with Crippen molar-refractivity contribution in [2.24, 2.45) is 0 Å². The van der Waals surface area contributed by atoms with Gasteiger partial charge in [-0.1, -0.05) is 0 Å². The van der Waals surface area contributed by atoms with Crippen LogP contribution in [0, 0.1) is 0 Å². The Morgan fingerprint density at radius 3 is 3.00 bits per heavy atom. The Bertz CT molecular complexity index is 385. The summed E-state index contributed by atoms with van der Waals surface area (Å²) in [5.41, 5.74) is -0.768. The lowest BCUT2D eigenvalue weighted by Crippen LogP contribution is -2.16. The van der Waals surface area contributed by atoms with Gasteiger partial charge in [0.2, 0.25) is 0 Å². The maximum atomic E-state index is 11.0. The molecule has 0 amide bonds. The summed E-state index contributed by atoms with van der Waals surface area (Å²) in [6, 6.07) is 0.928. The SMILES string of the molecule is CCOCc1nc(C(=O)O)cc(=O)[nH]1. The number of aromatic amines is 1. The molecule has 14 heavy (non-hydrogen) atoms. The summed E-state index contributed by atoms with van der Waals surface area (Å²) in [7, 11) is 0. The summed E-state index contributed by atoms with van der Waals surface area (Å²) in [5, 5.41) is 8.60. The van der Waals surface area contributed by atoms with Gasteiger partial charge in [0, 0.05) is 12.7 Å². The molecule has 0 aliphatic carbocycles. The van der Waals surface area contributed by atoms with E-state index in [9.17, 15) is 9.59 Å². The number of hydrogen-bond donors (Lipinski definition) is 2. The standard InChI is InChI=1S/C8H10N2O4/c1-2-14-4-6-9-5(8(12)13)3-7(11)10-6/h3H,2,4H2,1H3,(H,12,13)(H,9,10,11). The van der Waals surface area contributed by atoms with Crippen molar-refractivity contribution in [3.8, 4) is 0 Å². The van der Waals surface area contributed by atoms with Crippen LogP contribution in [0.3, 0.4) is 0 Å². The molecule has 76 valence electrons. The van der Waals surface area contributed by atoms with Crippen molar-refractivity contribution in [1.82, 2.24) is 9.97 Å². The number of aromatic nitrogens is 2. The maximum absolute atomic E-state index is 11.0. The second-order valence-corrected chi connectivity index (χ2v) is 2.52. The van der Waals surface area contributed by atoms with Crippen LogP contribution in [0.2, 0.25) is 0 Å². The fraction of sp³-hybridized carbons (Fsp3) is 0.375. The maximum Gasteiger partial charge on any atom is 0.354 e. The van der Waals surface area contributed by atoms with Crippen LogP contribution in [-0.2, 0) is 11.3 Å². The van der Waals surface area contributed by atoms with Gasteiger partial charge in [0.15, 0.2) is 5.69 Å². The number of aromatic carboxylic acids is 1. The van der Waals surface area contributed by atoms with Crippen molar-refractivity contribution in [1.29, 1.82) is 0 Å². The predicted molar refractivity (Wildman–Crippen MR) is 47.1 cm³/mol. The smallest absolute Gasteiger partial charge is 0.354 e. The second-order valence-electron chi connectivity index (χ2n) is 2.52. The monoisotopic (exact) mass is 198 g/mol. The van der Waals surface area contributed by atoms with E-state index < -0.39 is 11.5 Å². The first-order chi connectivity index (χ1) is 6.63. The minimum absolute atomic E-state index is 0.104. The van der Waals surface area contributed by atoms with Gasteiger partial charge in [-0.05, 0) is 6.92 Å². The Hall–Kier alpha value is -1.69. The van der Waals surface area contributed by atoms with E-state index in [1.807, 2.05) is 0 Å². The summed E-state index contributed by atoms with van der Waals surface area (Å²) < 4.78 is 4.98. The third-order valence-electron chi connectivity index (χ3n) is 1.45. The molecule has 0 radical (unpaired) electrons. The first kappa shape index (κ1) is 10.4. The minimum Gasteiger partial charge on any atom is -0.477 e. The molecule has 0 saturated heterocycles. The molecule has 0 aliphatic heterocycles. The molecule has 0 bridgehead atoms. The minimum atomic E-state index is -1.23. The van der Waals surface area contributed by atoms with Crippen LogP contribution in [-0.4, -0.2) is 27.7 Å². The van der Waals surface area contributed by atoms with Crippen molar-refractivity contribution in [2.75, 3.05) is 6.61 Å². The largest absolute Gasteiger partial charge is 0.477 e. The highest BCUT2D eigenvalue weighted by Crippen LogP contribution is 1.94. The number of H-pyrrole nitrogens is 1. The van der Waals surface area contributed by atoms with Crippen LogP contribution >= 0.6 is 0 Å². The van der Waals surface area contributed by atoms with Crippen LogP contribution in [0.25, 0.3) is 0 Å². The number of nitrogens with zero attached hydrogens (tertiary/aromatic N) is 1. The Labute approximate surface area is 79.6 Å². The van der Waals surface area contributed by atoms with E-state index in [1.165, 1.54) is 0 Å². The lowest BCUT2D eigenvalue weighted by Gasteiger charge is -2.01. The normalized spacial score (nSPS) is 10.1. The second kappa shape index (κ2) is 4.52. The van der Waals surface area contributed by atoms with Gasteiger partial charge < -0.3 is 14.8 Å². The number of carboxylic acids is 1. The molecule has 1 rings (SSSR count). The zero-order valence-electron chi connectivity index (χ0n) is 7.61. The molecular formula is C8H10N2O4. The molecule has 0 saturated carbocycles. The van der Waals surface area contributed by atoms with Crippen molar-refractivity contribution >= 4 is 5.97 Å². The summed E-state index contributed by atoms with van der Waals surface area (Å²) in [6.07, 6.45) is 0. The molecular weight excluding hydrogens is 188 g/mol. The van der Waals surface area contributed by atoms with E-state index in [0.29, 0.717) is 6.61 Å². The number of carboxylic acid groups (broad SMARTS) is 1. The average Bonchev–Trinajstić information content (AvgIpc) is 2.14. The number of rotatable bonds is 4. The summed E-state index contributed by atoms with van der Waals surface area (Å²) >= 11 is 0. The fourth-order valence-electron chi connectivity index (χ4n) is 0.885. The molecule has 2 N–H and O–H groups in total. The van der Waals surface area contributed by atoms with Gasteiger partial charge in [0.25, 0.3) is 5.56 Å². The molecule has 0 atom stereocenters. The zero-order chi connectivity index (χ0) is 10.6. The first-order valence-corrected chi connectivity index (χ1v) is 4.04. The molecule has 1 aromatic heterocycles. The Kier molecular flexibility index (Phi) is 3.35. The van der Waals surface area contributed by atoms with E-state index >= 15 is 0 Å². The molecule has 0 unspecified atom stereocenters.